The zero-order chi connectivity index (χ0) is 12.1. The number of ether oxygens (including phenoxy) is 1. The molecule has 0 amide bonds. The van der Waals surface area contributed by atoms with Crippen molar-refractivity contribution in [1.82, 2.24) is 0 Å². The first-order valence-electron chi connectivity index (χ1n) is 5.39. The summed E-state index contributed by atoms with van der Waals surface area (Å²) >= 11 is 0. The Kier molecular flexibility index (Phi) is 3.55. The number of rotatable bonds is 0. The molecule has 1 aromatic heterocycles. The number of carbonyl (C=O) groups excluding carboxylic acids is 1. The molecule has 0 saturated carbocycles. The van der Waals surface area contributed by atoms with E-state index in [1.165, 1.54) is 12.3 Å². The van der Waals surface area contributed by atoms with Crippen molar-refractivity contribution in [2.24, 2.45) is 0 Å². The van der Waals surface area contributed by atoms with Crippen LogP contribution in [0.4, 0.5) is 0 Å². The molecule has 1 aromatic carbocycles. The van der Waals surface area contributed by atoms with Gasteiger partial charge in [0.1, 0.15) is 5.58 Å². The van der Waals surface area contributed by atoms with Gasteiger partial charge in [-0.25, -0.2) is 0 Å². The summed E-state index contributed by atoms with van der Waals surface area (Å²) < 4.78 is 9.61. The molecule has 0 bridgehead atoms. The van der Waals surface area contributed by atoms with Gasteiger partial charge in [-0.3, -0.25) is 9.59 Å². The predicted octanol–water partition coefficient (Wildman–Crippen LogP) is 2.12. The summed E-state index contributed by atoms with van der Waals surface area (Å²) in [5, 5.41) is 0.634. The smallest absolute Gasteiger partial charge is 0.305 e. The fourth-order valence-electron chi connectivity index (χ4n) is 1.51. The fourth-order valence-corrected chi connectivity index (χ4v) is 1.51. The molecule has 0 aliphatic carbocycles. The summed E-state index contributed by atoms with van der Waals surface area (Å²) in [6, 6.07) is 8.60. The number of benzene rings is 1. The molecule has 2 heterocycles. The Hall–Kier alpha value is -2.10. The van der Waals surface area contributed by atoms with Crippen LogP contribution >= 0.6 is 0 Å². The number of fused-ring (bicyclic) bond motifs is 1. The lowest BCUT2D eigenvalue weighted by Gasteiger charge is -1.91. The molecule has 4 nitrogen and oxygen atoms in total. The molecule has 0 N–H and O–H groups in total. The van der Waals surface area contributed by atoms with Crippen molar-refractivity contribution in [1.29, 1.82) is 0 Å². The fraction of sp³-hybridized carbons (Fsp3) is 0.231. The summed E-state index contributed by atoms with van der Waals surface area (Å²) in [7, 11) is 0. The molecule has 88 valence electrons. The van der Waals surface area contributed by atoms with Crippen LogP contribution in [0.2, 0.25) is 0 Å². The van der Waals surface area contributed by atoms with Crippen LogP contribution < -0.4 is 5.43 Å². The van der Waals surface area contributed by atoms with E-state index in [4.69, 9.17) is 4.42 Å². The van der Waals surface area contributed by atoms with E-state index in [2.05, 4.69) is 4.74 Å². The Morgan fingerprint density at radius 1 is 1.06 bits per heavy atom. The van der Waals surface area contributed by atoms with Crippen molar-refractivity contribution in [3.8, 4) is 0 Å². The van der Waals surface area contributed by atoms with Crippen molar-refractivity contribution >= 4 is 16.9 Å². The minimum absolute atomic E-state index is 0.00634. The van der Waals surface area contributed by atoms with Crippen LogP contribution in [0.3, 0.4) is 0 Å². The molecule has 4 heteroatoms. The van der Waals surface area contributed by atoms with Gasteiger partial charge in [0.25, 0.3) is 0 Å². The third-order valence-electron chi connectivity index (χ3n) is 2.36. The minimum atomic E-state index is -0.0463. The van der Waals surface area contributed by atoms with E-state index in [9.17, 15) is 9.59 Å². The summed E-state index contributed by atoms with van der Waals surface area (Å²) in [5.74, 6) is -0.0463. The number of carbonyl (C=O) groups is 1. The van der Waals surface area contributed by atoms with Gasteiger partial charge in [-0.1, -0.05) is 12.1 Å². The standard InChI is InChI=1S/C9H6O2.C4H6O2/c10-8-5-6-11-9-4-2-1-3-7(8)9;5-4-2-1-3-6-4/h1-6H;1-3H2. The van der Waals surface area contributed by atoms with E-state index < -0.39 is 0 Å². The molecule has 3 rings (SSSR count). The average molecular weight is 232 g/mol. The van der Waals surface area contributed by atoms with Gasteiger partial charge in [0.15, 0.2) is 5.43 Å². The SMILES string of the molecule is O=C1CCCO1.O=c1ccoc2ccccc12. The van der Waals surface area contributed by atoms with E-state index in [0.717, 1.165) is 6.42 Å². The summed E-state index contributed by atoms with van der Waals surface area (Å²) in [6.07, 6.45) is 2.95. The van der Waals surface area contributed by atoms with Gasteiger partial charge in [-0.15, -0.1) is 0 Å². The number of hydrogen-bond donors (Lipinski definition) is 0. The molecule has 1 aliphatic heterocycles. The monoisotopic (exact) mass is 232 g/mol. The van der Waals surface area contributed by atoms with Crippen molar-refractivity contribution in [3.05, 3.63) is 46.8 Å². The lowest BCUT2D eigenvalue weighted by atomic mass is 10.2. The van der Waals surface area contributed by atoms with Crippen LogP contribution in [0.5, 0.6) is 0 Å². The lowest BCUT2D eigenvalue weighted by Crippen LogP contribution is -1.96. The van der Waals surface area contributed by atoms with Gasteiger partial charge in [-0.05, 0) is 18.6 Å². The second-order valence-electron chi connectivity index (χ2n) is 3.61. The van der Waals surface area contributed by atoms with Crippen LogP contribution in [0.1, 0.15) is 12.8 Å². The van der Waals surface area contributed by atoms with Crippen molar-refractivity contribution in [3.63, 3.8) is 0 Å². The van der Waals surface area contributed by atoms with Gasteiger partial charge in [0, 0.05) is 12.5 Å². The minimum Gasteiger partial charge on any atom is -0.466 e. The topological polar surface area (TPSA) is 56.5 Å². The van der Waals surface area contributed by atoms with E-state index in [-0.39, 0.29) is 11.4 Å². The molecule has 17 heavy (non-hydrogen) atoms. The van der Waals surface area contributed by atoms with Gasteiger partial charge >= 0.3 is 5.97 Å². The van der Waals surface area contributed by atoms with Crippen molar-refractivity contribution in [2.75, 3.05) is 6.61 Å². The molecule has 2 aromatic rings. The summed E-state index contributed by atoms with van der Waals surface area (Å²) in [4.78, 5) is 21.1. The third-order valence-corrected chi connectivity index (χ3v) is 2.36. The Morgan fingerprint density at radius 2 is 1.88 bits per heavy atom. The summed E-state index contributed by atoms with van der Waals surface area (Å²) in [6.45, 7) is 0.638. The molecular formula is C13H12O4. The van der Waals surface area contributed by atoms with Crippen LogP contribution in [0.25, 0.3) is 11.0 Å². The largest absolute Gasteiger partial charge is 0.466 e. The first kappa shape index (κ1) is 11.4. The maximum absolute atomic E-state index is 11.1. The Morgan fingerprint density at radius 3 is 2.47 bits per heavy atom. The van der Waals surface area contributed by atoms with Gasteiger partial charge in [0.05, 0.1) is 18.3 Å². The zero-order valence-corrected chi connectivity index (χ0v) is 9.22. The molecule has 0 unspecified atom stereocenters. The zero-order valence-electron chi connectivity index (χ0n) is 9.22. The van der Waals surface area contributed by atoms with Crippen LogP contribution in [-0.4, -0.2) is 12.6 Å². The number of hydrogen-bond acceptors (Lipinski definition) is 4. The molecule has 1 fully saturated rings. The summed E-state index contributed by atoms with van der Waals surface area (Å²) in [5.41, 5.74) is 0.645. The molecule has 1 aliphatic rings. The second-order valence-corrected chi connectivity index (χ2v) is 3.61. The average Bonchev–Trinajstić information content (AvgIpc) is 2.82. The third kappa shape index (κ3) is 2.93. The Balaban J connectivity index is 0.000000153. The van der Waals surface area contributed by atoms with Crippen molar-refractivity contribution in [2.45, 2.75) is 12.8 Å². The molecule has 0 spiro atoms. The lowest BCUT2D eigenvalue weighted by molar-refractivity contribution is -0.137. The van der Waals surface area contributed by atoms with Gasteiger partial charge in [0.2, 0.25) is 0 Å². The van der Waals surface area contributed by atoms with Gasteiger partial charge < -0.3 is 9.15 Å². The first-order valence-corrected chi connectivity index (χ1v) is 5.39. The highest BCUT2D eigenvalue weighted by Crippen LogP contribution is 2.06. The highest BCUT2D eigenvalue weighted by atomic mass is 16.5. The van der Waals surface area contributed by atoms with Crippen LogP contribution in [0.15, 0.2) is 45.8 Å². The highest BCUT2D eigenvalue weighted by molar-refractivity contribution is 5.75. The Bertz CT molecular complexity index is 557. The van der Waals surface area contributed by atoms with Crippen molar-refractivity contribution < 1.29 is 13.9 Å². The number of cyclic esters (lactones) is 1. The molecule has 1 saturated heterocycles. The van der Waals surface area contributed by atoms with Crippen LogP contribution in [0, 0.1) is 0 Å². The normalized spacial score (nSPS) is 14.0. The Labute approximate surface area is 97.8 Å². The number of esters is 1. The maximum atomic E-state index is 11.1. The van der Waals surface area contributed by atoms with E-state index in [1.807, 2.05) is 12.1 Å². The van der Waals surface area contributed by atoms with E-state index in [0.29, 0.717) is 24.0 Å². The first-order chi connectivity index (χ1) is 8.27. The quantitative estimate of drug-likeness (QED) is 0.653. The predicted molar refractivity (Wildman–Crippen MR) is 62.7 cm³/mol. The maximum Gasteiger partial charge on any atom is 0.305 e. The van der Waals surface area contributed by atoms with E-state index >= 15 is 0 Å². The second kappa shape index (κ2) is 5.30. The molecule has 0 atom stereocenters. The molecule has 0 radical (unpaired) electrons. The number of para-hydroxylation sites is 1. The molecular weight excluding hydrogens is 220 g/mol. The highest BCUT2D eigenvalue weighted by Gasteiger charge is 2.08. The van der Waals surface area contributed by atoms with Crippen LogP contribution in [-0.2, 0) is 9.53 Å². The van der Waals surface area contributed by atoms with E-state index in [1.54, 1.807) is 12.1 Å². The van der Waals surface area contributed by atoms with Gasteiger partial charge in [-0.2, -0.15) is 0 Å².